The molecule has 0 aromatic carbocycles. The summed E-state index contributed by atoms with van der Waals surface area (Å²) in [6.45, 7) is 5.04. The molecule has 4 heteroatoms. The first-order valence-corrected chi connectivity index (χ1v) is 5.56. The van der Waals surface area contributed by atoms with Crippen molar-refractivity contribution in [2.45, 2.75) is 13.5 Å². The number of nitrogens with zero attached hydrogens (tertiary/aromatic N) is 2. The summed E-state index contributed by atoms with van der Waals surface area (Å²) in [5, 5.41) is 8.93. The molecule has 0 bridgehead atoms. The second-order valence-corrected chi connectivity index (χ2v) is 4.38. The average molecular weight is 222 g/mol. The number of aliphatic hydroxyl groups excluding tert-OH is 1. The molecule has 1 fully saturated rings. The van der Waals surface area contributed by atoms with E-state index in [1.165, 1.54) is 0 Å². The number of pyridine rings is 1. The van der Waals surface area contributed by atoms with E-state index in [0.717, 1.165) is 36.8 Å². The van der Waals surface area contributed by atoms with Crippen LogP contribution in [0.2, 0.25) is 0 Å². The van der Waals surface area contributed by atoms with E-state index in [-0.39, 0.29) is 0 Å². The lowest BCUT2D eigenvalue weighted by molar-refractivity contribution is 0.0469. The molecule has 1 aromatic heterocycles. The Bertz CT molecular complexity index is 362. The van der Waals surface area contributed by atoms with Crippen LogP contribution in [0.4, 0.5) is 0 Å². The van der Waals surface area contributed by atoms with Gasteiger partial charge in [-0.1, -0.05) is 0 Å². The number of aryl methyl sites for hydroxylation is 1. The molecule has 0 radical (unpaired) electrons. The van der Waals surface area contributed by atoms with Crippen molar-refractivity contribution in [1.29, 1.82) is 0 Å². The van der Waals surface area contributed by atoms with Crippen LogP contribution >= 0.6 is 0 Å². The van der Waals surface area contributed by atoms with Crippen molar-refractivity contribution in [3.8, 4) is 5.75 Å². The summed E-state index contributed by atoms with van der Waals surface area (Å²) in [6.07, 6.45) is 0. The van der Waals surface area contributed by atoms with E-state index in [0.29, 0.717) is 12.5 Å². The summed E-state index contributed by atoms with van der Waals surface area (Å²) in [5.41, 5.74) is 2.02. The standard InChI is InChI=1S/C12H18N2O2/c1-9-3-12(16-2)4-11(13-9)7-14-5-10(6-14)8-15/h3-4,10,15H,5-8H2,1-2H3. The van der Waals surface area contributed by atoms with Crippen molar-refractivity contribution in [2.75, 3.05) is 26.8 Å². The Morgan fingerprint density at radius 1 is 1.50 bits per heavy atom. The predicted octanol–water partition coefficient (Wildman–Crippen LogP) is 0.823. The van der Waals surface area contributed by atoms with Crippen LogP contribution in [0.5, 0.6) is 5.75 Å². The largest absolute Gasteiger partial charge is 0.497 e. The molecule has 88 valence electrons. The molecule has 2 heterocycles. The highest BCUT2D eigenvalue weighted by molar-refractivity contribution is 5.26. The van der Waals surface area contributed by atoms with Gasteiger partial charge in [-0.15, -0.1) is 0 Å². The van der Waals surface area contributed by atoms with Gasteiger partial charge in [0.15, 0.2) is 0 Å². The highest BCUT2D eigenvalue weighted by Gasteiger charge is 2.25. The van der Waals surface area contributed by atoms with Gasteiger partial charge in [-0.05, 0) is 6.92 Å². The van der Waals surface area contributed by atoms with Gasteiger partial charge in [-0.3, -0.25) is 9.88 Å². The molecule has 0 spiro atoms. The third-order valence-corrected chi connectivity index (χ3v) is 2.89. The molecule has 0 amide bonds. The first-order chi connectivity index (χ1) is 7.71. The zero-order valence-electron chi connectivity index (χ0n) is 9.81. The van der Waals surface area contributed by atoms with Crippen LogP contribution < -0.4 is 4.74 Å². The molecule has 0 saturated carbocycles. The van der Waals surface area contributed by atoms with Crippen LogP contribution in [0.25, 0.3) is 0 Å². The van der Waals surface area contributed by atoms with E-state index in [9.17, 15) is 0 Å². The number of methoxy groups -OCH3 is 1. The maximum atomic E-state index is 8.93. The van der Waals surface area contributed by atoms with Crippen molar-refractivity contribution < 1.29 is 9.84 Å². The maximum Gasteiger partial charge on any atom is 0.122 e. The third kappa shape index (κ3) is 2.51. The minimum Gasteiger partial charge on any atom is -0.497 e. The molecule has 1 aliphatic heterocycles. The minimum absolute atomic E-state index is 0.293. The molecule has 1 saturated heterocycles. The Morgan fingerprint density at radius 3 is 2.88 bits per heavy atom. The van der Waals surface area contributed by atoms with Crippen LogP contribution in [0.15, 0.2) is 12.1 Å². The van der Waals surface area contributed by atoms with Gasteiger partial charge in [0.05, 0.1) is 12.8 Å². The van der Waals surface area contributed by atoms with Gasteiger partial charge < -0.3 is 9.84 Å². The maximum absolute atomic E-state index is 8.93. The van der Waals surface area contributed by atoms with Crippen LogP contribution in [-0.4, -0.2) is 41.8 Å². The fourth-order valence-corrected chi connectivity index (χ4v) is 2.05. The van der Waals surface area contributed by atoms with E-state index in [2.05, 4.69) is 9.88 Å². The molecular weight excluding hydrogens is 204 g/mol. The number of ether oxygens (including phenoxy) is 1. The third-order valence-electron chi connectivity index (χ3n) is 2.89. The fraction of sp³-hybridized carbons (Fsp3) is 0.583. The van der Waals surface area contributed by atoms with Crippen molar-refractivity contribution in [3.63, 3.8) is 0 Å². The number of hydrogen-bond donors (Lipinski definition) is 1. The molecule has 1 aliphatic rings. The van der Waals surface area contributed by atoms with Gasteiger partial charge >= 0.3 is 0 Å². The topological polar surface area (TPSA) is 45.6 Å². The Kier molecular flexibility index (Phi) is 3.41. The van der Waals surface area contributed by atoms with Gasteiger partial charge in [-0.2, -0.15) is 0 Å². The molecule has 0 atom stereocenters. The number of aliphatic hydroxyl groups is 1. The Labute approximate surface area is 95.9 Å². The quantitative estimate of drug-likeness (QED) is 0.819. The average Bonchev–Trinajstić information content (AvgIpc) is 2.22. The van der Waals surface area contributed by atoms with Gasteiger partial charge in [-0.25, -0.2) is 0 Å². The molecule has 1 aromatic rings. The van der Waals surface area contributed by atoms with Gasteiger partial charge in [0, 0.05) is 50.0 Å². The highest BCUT2D eigenvalue weighted by Crippen LogP contribution is 2.20. The molecule has 4 nitrogen and oxygen atoms in total. The van der Waals surface area contributed by atoms with E-state index >= 15 is 0 Å². The number of likely N-dealkylation sites (tertiary alicyclic amines) is 1. The summed E-state index contributed by atoms with van der Waals surface area (Å²) >= 11 is 0. The van der Waals surface area contributed by atoms with Gasteiger partial charge in [0.1, 0.15) is 5.75 Å². The molecule has 2 rings (SSSR count). The zero-order valence-corrected chi connectivity index (χ0v) is 9.81. The SMILES string of the molecule is COc1cc(C)nc(CN2CC(CO)C2)c1. The lowest BCUT2D eigenvalue weighted by Crippen LogP contribution is -2.47. The number of rotatable bonds is 4. The normalized spacial score (nSPS) is 17.2. The van der Waals surface area contributed by atoms with Crippen molar-refractivity contribution in [3.05, 3.63) is 23.5 Å². The van der Waals surface area contributed by atoms with Gasteiger partial charge in [0.2, 0.25) is 0 Å². The number of aromatic nitrogens is 1. The Morgan fingerprint density at radius 2 is 2.25 bits per heavy atom. The Balaban J connectivity index is 1.97. The van der Waals surface area contributed by atoms with E-state index in [4.69, 9.17) is 9.84 Å². The first kappa shape index (κ1) is 11.4. The summed E-state index contributed by atoms with van der Waals surface area (Å²) in [7, 11) is 1.67. The first-order valence-electron chi connectivity index (χ1n) is 5.56. The monoisotopic (exact) mass is 222 g/mol. The fourth-order valence-electron chi connectivity index (χ4n) is 2.05. The van der Waals surface area contributed by atoms with Crippen LogP contribution in [0.3, 0.4) is 0 Å². The second kappa shape index (κ2) is 4.80. The van der Waals surface area contributed by atoms with Crippen molar-refractivity contribution in [2.24, 2.45) is 5.92 Å². The molecule has 16 heavy (non-hydrogen) atoms. The smallest absolute Gasteiger partial charge is 0.122 e. The molecule has 0 aliphatic carbocycles. The van der Waals surface area contributed by atoms with E-state index in [1.807, 2.05) is 19.1 Å². The second-order valence-electron chi connectivity index (χ2n) is 4.38. The summed E-state index contributed by atoms with van der Waals surface area (Å²) in [4.78, 5) is 6.75. The van der Waals surface area contributed by atoms with Gasteiger partial charge in [0.25, 0.3) is 0 Å². The van der Waals surface area contributed by atoms with E-state index < -0.39 is 0 Å². The van der Waals surface area contributed by atoms with Crippen LogP contribution in [0.1, 0.15) is 11.4 Å². The highest BCUT2D eigenvalue weighted by atomic mass is 16.5. The summed E-state index contributed by atoms with van der Waals surface area (Å²) in [5.74, 6) is 1.31. The van der Waals surface area contributed by atoms with Crippen molar-refractivity contribution in [1.82, 2.24) is 9.88 Å². The molecule has 0 unspecified atom stereocenters. The summed E-state index contributed by atoms with van der Waals surface area (Å²) in [6, 6.07) is 3.90. The lowest BCUT2D eigenvalue weighted by Gasteiger charge is -2.37. The predicted molar refractivity (Wildman–Crippen MR) is 61.4 cm³/mol. The molecular formula is C12H18N2O2. The minimum atomic E-state index is 0.293. The Hall–Kier alpha value is -1.13. The van der Waals surface area contributed by atoms with Crippen LogP contribution in [-0.2, 0) is 6.54 Å². The van der Waals surface area contributed by atoms with Crippen molar-refractivity contribution >= 4 is 0 Å². The van der Waals surface area contributed by atoms with Crippen LogP contribution in [0, 0.1) is 12.8 Å². The zero-order chi connectivity index (χ0) is 11.5. The van der Waals surface area contributed by atoms with E-state index in [1.54, 1.807) is 7.11 Å². The number of hydrogen-bond acceptors (Lipinski definition) is 4. The molecule has 1 N–H and O–H groups in total. The lowest BCUT2D eigenvalue weighted by atomic mass is 10.0. The summed E-state index contributed by atoms with van der Waals surface area (Å²) < 4.78 is 5.21.